The fourth-order valence-corrected chi connectivity index (χ4v) is 4.54. The minimum absolute atomic E-state index is 0.128. The highest BCUT2D eigenvalue weighted by molar-refractivity contribution is 8.00. The lowest BCUT2D eigenvalue weighted by Crippen LogP contribution is -2.36. The number of carbonyl (C=O) groups is 1. The third-order valence-electron chi connectivity index (χ3n) is 5.24. The molecule has 1 saturated heterocycles. The van der Waals surface area contributed by atoms with E-state index >= 15 is 0 Å². The number of anilines is 2. The van der Waals surface area contributed by atoms with Gasteiger partial charge in [0.25, 0.3) is 0 Å². The fraction of sp³-hybridized carbons (Fsp3) is 0.292. The molecule has 1 fully saturated rings. The summed E-state index contributed by atoms with van der Waals surface area (Å²) in [7, 11) is 0. The smallest absolute Gasteiger partial charge is 0.234 e. The van der Waals surface area contributed by atoms with Crippen LogP contribution in [0.15, 0.2) is 47.5 Å². The number of aryl methyl sites for hydroxylation is 2. The van der Waals surface area contributed by atoms with Crippen LogP contribution in [0.25, 0.3) is 10.9 Å². The first-order valence-corrected chi connectivity index (χ1v) is 11.2. The molecule has 2 heterocycles. The Morgan fingerprint density at radius 1 is 1.23 bits per heavy atom. The van der Waals surface area contributed by atoms with E-state index in [0.717, 1.165) is 46.5 Å². The second kappa shape index (κ2) is 9.38. The predicted octanol–water partition coefficient (Wildman–Crippen LogP) is 4.29. The van der Waals surface area contributed by atoms with Gasteiger partial charge in [0.05, 0.1) is 41.4 Å². The molecule has 0 aliphatic carbocycles. The summed E-state index contributed by atoms with van der Waals surface area (Å²) in [5.41, 5.74) is 5.33. The van der Waals surface area contributed by atoms with Gasteiger partial charge in [-0.1, -0.05) is 30.0 Å². The summed E-state index contributed by atoms with van der Waals surface area (Å²) in [4.78, 5) is 19.6. The Bertz CT molecular complexity index is 1170. The van der Waals surface area contributed by atoms with Crippen LogP contribution in [0.1, 0.15) is 16.7 Å². The summed E-state index contributed by atoms with van der Waals surface area (Å²) in [6.45, 7) is 7.01. The van der Waals surface area contributed by atoms with Crippen LogP contribution in [0.2, 0.25) is 0 Å². The Balaban J connectivity index is 1.50. The van der Waals surface area contributed by atoms with E-state index in [1.54, 1.807) is 0 Å². The number of aromatic nitrogens is 1. The first-order valence-electron chi connectivity index (χ1n) is 10.2. The number of benzene rings is 2. The molecule has 3 aromatic rings. The monoisotopic (exact) mass is 432 g/mol. The first kappa shape index (κ1) is 21.2. The van der Waals surface area contributed by atoms with Crippen molar-refractivity contribution in [2.75, 3.05) is 42.3 Å². The molecule has 1 aliphatic rings. The fourth-order valence-electron chi connectivity index (χ4n) is 3.78. The Labute approximate surface area is 186 Å². The zero-order chi connectivity index (χ0) is 21.8. The maximum atomic E-state index is 12.7. The van der Waals surface area contributed by atoms with E-state index in [4.69, 9.17) is 4.74 Å². The second-order valence-corrected chi connectivity index (χ2v) is 8.52. The van der Waals surface area contributed by atoms with Gasteiger partial charge < -0.3 is 15.0 Å². The maximum Gasteiger partial charge on any atom is 0.234 e. The average molecular weight is 433 g/mol. The van der Waals surface area contributed by atoms with Gasteiger partial charge in [0.2, 0.25) is 5.91 Å². The molecular weight excluding hydrogens is 408 g/mol. The third-order valence-corrected chi connectivity index (χ3v) is 6.23. The summed E-state index contributed by atoms with van der Waals surface area (Å²) in [5.74, 6) is 0.0482. The average Bonchev–Trinajstić information content (AvgIpc) is 2.78. The molecule has 0 bridgehead atoms. The topological polar surface area (TPSA) is 78.2 Å². The second-order valence-electron chi connectivity index (χ2n) is 7.55. The van der Waals surface area contributed by atoms with Gasteiger partial charge >= 0.3 is 0 Å². The summed E-state index contributed by atoms with van der Waals surface area (Å²) in [6, 6.07) is 16.0. The molecule has 1 aliphatic heterocycles. The van der Waals surface area contributed by atoms with Crippen molar-refractivity contribution in [3.05, 3.63) is 59.2 Å². The molecule has 0 radical (unpaired) electrons. The van der Waals surface area contributed by atoms with E-state index in [9.17, 15) is 10.1 Å². The Hall–Kier alpha value is -3.08. The minimum Gasteiger partial charge on any atom is -0.378 e. The van der Waals surface area contributed by atoms with Gasteiger partial charge in [-0.3, -0.25) is 4.79 Å². The van der Waals surface area contributed by atoms with Crippen molar-refractivity contribution in [3.63, 3.8) is 0 Å². The number of nitrogens with zero attached hydrogens (tertiary/aromatic N) is 3. The Kier molecular flexibility index (Phi) is 6.40. The normalized spacial score (nSPS) is 13.8. The lowest BCUT2D eigenvalue weighted by molar-refractivity contribution is -0.113. The van der Waals surface area contributed by atoms with Crippen LogP contribution in [0.5, 0.6) is 0 Å². The van der Waals surface area contributed by atoms with Crippen LogP contribution in [-0.2, 0) is 9.53 Å². The SMILES string of the molecule is Cc1cc(C)c2cc(C#N)c(SCC(=O)Nc3ccccc3N3CCOCC3)nc2c1. The number of pyridine rings is 1. The largest absolute Gasteiger partial charge is 0.378 e. The number of hydrogen-bond donors (Lipinski definition) is 1. The molecule has 7 heteroatoms. The van der Waals surface area contributed by atoms with Crippen LogP contribution in [0, 0.1) is 25.2 Å². The van der Waals surface area contributed by atoms with E-state index in [1.807, 2.05) is 50.2 Å². The van der Waals surface area contributed by atoms with Crippen molar-refractivity contribution in [1.29, 1.82) is 5.26 Å². The van der Waals surface area contributed by atoms with E-state index < -0.39 is 0 Å². The lowest BCUT2D eigenvalue weighted by Gasteiger charge is -2.30. The first-order chi connectivity index (χ1) is 15.0. The molecule has 0 spiro atoms. The summed E-state index contributed by atoms with van der Waals surface area (Å²) in [5, 5.41) is 14.2. The molecule has 4 rings (SSSR count). The molecule has 0 saturated carbocycles. The number of para-hydroxylation sites is 2. The van der Waals surface area contributed by atoms with Crippen LogP contribution in [-0.4, -0.2) is 42.9 Å². The third kappa shape index (κ3) is 4.82. The van der Waals surface area contributed by atoms with Crippen LogP contribution >= 0.6 is 11.8 Å². The van der Waals surface area contributed by atoms with Gasteiger partial charge in [-0.15, -0.1) is 0 Å². The lowest BCUT2D eigenvalue weighted by atomic mass is 10.1. The highest BCUT2D eigenvalue weighted by Crippen LogP contribution is 2.29. The molecule has 2 aromatic carbocycles. The number of carbonyl (C=O) groups excluding carboxylic acids is 1. The number of ether oxygens (including phenoxy) is 1. The number of fused-ring (bicyclic) bond motifs is 1. The maximum absolute atomic E-state index is 12.7. The van der Waals surface area contributed by atoms with Crippen molar-refractivity contribution < 1.29 is 9.53 Å². The van der Waals surface area contributed by atoms with Crippen molar-refractivity contribution in [1.82, 2.24) is 4.98 Å². The van der Waals surface area contributed by atoms with Crippen molar-refractivity contribution in [2.45, 2.75) is 18.9 Å². The number of thioether (sulfide) groups is 1. The quantitative estimate of drug-likeness (QED) is 0.606. The number of nitriles is 1. The highest BCUT2D eigenvalue weighted by atomic mass is 32.2. The van der Waals surface area contributed by atoms with Crippen LogP contribution in [0.3, 0.4) is 0 Å². The molecule has 0 unspecified atom stereocenters. The number of morpholine rings is 1. The van der Waals surface area contributed by atoms with Gasteiger partial charge in [-0.2, -0.15) is 5.26 Å². The van der Waals surface area contributed by atoms with Gasteiger partial charge in [-0.05, 0) is 49.2 Å². The van der Waals surface area contributed by atoms with Gasteiger partial charge in [0.15, 0.2) is 0 Å². The summed E-state index contributed by atoms with van der Waals surface area (Å²) in [6.07, 6.45) is 0. The molecule has 6 nitrogen and oxygen atoms in total. The van der Waals surface area contributed by atoms with Gasteiger partial charge in [0, 0.05) is 18.5 Å². The standard InChI is InChI=1S/C24H24N4O2S/c1-16-11-17(2)19-13-18(14-25)24(27-21(19)12-16)31-15-23(29)26-20-5-3-4-6-22(20)28-7-9-30-10-8-28/h3-6,11-13H,7-10,15H2,1-2H3,(H,26,29). The molecule has 1 aromatic heterocycles. The van der Waals surface area contributed by atoms with E-state index in [-0.39, 0.29) is 11.7 Å². The van der Waals surface area contributed by atoms with E-state index in [2.05, 4.69) is 27.3 Å². The zero-order valence-electron chi connectivity index (χ0n) is 17.6. The van der Waals surface area contributed by atoms with E-state index in [0.29, 0.717) is 23.8 Å². The molecule has 158 valence electrons. The molecule has 31 heavy (non-hydrogen) atoms. The van der Waals surface area contributed by atoms with Crippen LogP contribution in [0.4, 0.5) is 11.4 Å². The van der Waals surface area contributed by atoms with Gasteiger partial charge in [-0.25, -0.2) is 4.98 Å². The molecule has 1 N–H and O–H groups in total. The van der Waals surface area contributed by atoms with E-state index in [1.165, 1.54) is 11.8 Å². The summed E-state index contributed by atoms with van der Waals surface area (Å²) < 4.78 is 5.43. The van der Waals surface area contributed by atoms with Gasteiger partial charge in [0.1, 0.15) is 11.1 Å². The molecule has 0 atom stereocenters. The number of nitrogens with one attached hydrogen (secondary N) is 1. The summed E-state index contributed by atoms with van der Waals surface area (Å²) >= 11 is 1.29. The Morgan fingerprint density at radius 2 is 2.00 bits per heavy atom. The van der Waals surface area contributed by atoms with Crippen molar-refractivity contribution >= 4 is 39.9 Å². The highest BCUT2D eigenvalue weighted by Gasteiger charge is 2.17. The van der Waals surface area contributed by atoms with Crippen molar-refractivity contribution in [2.24, 2.45) is 0 Å². The predicted molar refractivity (Wildman–Crippen MR) is 125 cm³/mol. The Morgan fingerprint density at radius 3 is 2.77 bits per heavy atom. The van der Waals surface area contributed by atoms with Crippen LogP contribution < -0.4 is 10.2 Å². The number of hydrogen-bond acceptors (Lipinski definition) is 6. The molecular formula is C24H24N4O2S. The minimum atomic E-state index is -0.128. The zero-order valence-corrected chi connectivity index (χ0v) is 18.5. The molecule has 1 amide bonds. The number of rotatable bonds is 5. The number of amides is 1. The van der Waals surface area contributed by atoms with Crippen molar-refractivity contribution in [3.8, 4) is 6.07 Å².